The molecule has 0 aliphatic heterocycles. The fraction of sp³-hybridized carbons (Fsp3) is 0.158. The maximum atomic E-state index is 12.5. The van der Waals surface area contributed by atoms with Crippen LogP contribution in [0.3, 0.4) is 0 Å². The van der Waals surface area contributed by atoms with E-state index in [2.05, 4.69) is 10.3 Å². The van der Waals surface area contributed by atoms with Gasteiger partial charge in [-0.1, -0.05) is 35.3 Å². The van der Waals surface area contributed by atoms with Crippen LogP contribution in [0.25, 0.3) is 0 Å². The van der Waals surface area contributed by atoms with E-state index in [4.69, 9.17) is 23.2 Å². The first kappa shape index (κ1) is 17.5. The molecule has 1 heterocycles. The van der Waals surface area contributed by atoms with Gasteiger partial charge in [0.05, 0.1) is 6.33 Å². The van der Waals surface area contributed by atoms with Crippen molar-refractivity contribution in [2.75, 3.05) is 0 Å². The molecule has 0 aliphatic rings. The lowest BCUT2D eigenvalue weighted by Gasteiger charge is -2.09. The molecule has 25 heavy (non-hydrogen) atoms. The van der Waals surface area contributed by atoms with Gasteiger partial charge in [0, 0.05) is 41.1 Å². The van der Waals surface area contributed by atoms with Crippen LogP contribution < -0.4 is 5.32 Å². The summed E-state index contributed by atoms with van der Waals surface area (Å²) in [5.74, 6) is -0.175. The zero-order valence-corrected chi connectivity index (χ0v) is 15.2. The predicted molar refractivity (Wildman–Crippen MR) is 100 cm³/mol. The van der Waals surface area contributed by atoms with Gasteiger partial charge in [-0.2, -0.15) is 0 Å². The first-order valence-electron chi connectivity index (χ1n) is 7.80. The molecule has 0 aliphatic carbocycles. The summed E-state index contributed by atoms with van der Waals surface area (Å²) in [6, 6.07) is 11.1. The van der Waals surface area contributed by atoms with E-state index in [9.17, 15) is 4.79 Å². The van der Waals surface area contributed by atoms with E-state index < -0.39 is 0 Å². The van der Waals surface area contributed by atoms with Crippen LogP contribution in [0.5, 0.6) is 0 Å². The zero-order chi connectivity index (χ0) is 17.8. The van der Waals surface area contributed by atoms with Gasteiger partial charge < -0.3 is 9.88 Å². The normalized spacial score (nSPS) is 10.7. The van der Waals surface area contributed by atoms with Crippen molar-refractivity contribution in [2.45, 2.75) is 20.0 Å². The first-order valence-corrected chi connectivity index (χ1v) is 8.55. The molecule has 0 bridgehead atoms. The number of halogens is 2. The molecular formula is C19H17Cl2N3O. The van der Waals surface area contributed by atoms with E-state index >= 15 is 0 Å². The molecule has 0 spiro atoms. The highest BCUT2D eigenvalue weighted by molar-refractivity contribution is 6.31. The van der Waals surface area contributed by atoms with Gasteiger partial charge in [-0.3, -0.25) is 4.79 Å². The molecule has 3 rings (SSSR count). The molecule has 4 nitrogen and oxygen atoms in total. The van der Waals surface area contributed by atoms with E-state index in [0.29, 0.717) is 28.7 Å². The Morgan fingerprint density at radius 2 is 2.00 bits per heavy atom. The zero-order valence-electron chi connectivity index (χ0n) is 13.7. The maximum absolute atomic E-state index is 12.5. The highest BCUT2D eigenvalue weighted by Gasteiger charge is 2.09. The number of benzene rings is 2. The first-order chi connectivity index (χ1) is 12.0. The average molecular weight is 374 g/mol. The van der Waals surface area contributed by atoms with Crippen LogP contribution in [-0.4, -0.2) is 15.5 Å². The van der Waals surface area contributed by atoms with Gasteiger partial charge in [-0.05, 0) is 47.9 Å². The second-order valence-corrected chi connectivity index (χ2v) is 6.69. The standard InChI is InChI=1S/C19H17Cl2N3O/c1-13-2-3-14(8-18(13)21)10-23-19(25)16-6-15(7-17(20)9-16)11-24-5-4-22-12-24/h2-9,12H,10-11H2,1H3,(H,23,25). The summed E-state index contributed by atoms with van der Waals surface area (Å²) < 4.78 is 1.92. The van der Waals surface area contributed by atoms with Crippen molar-refractivity contribution in [3.63, 3.8) is 0 Å². The summed E-state index contributed by atoms with van der Waals surface area (Å²) >= 11 is 12.3. The van der Waals surface area contributed by atoms with Crippen molar-refractivity contribution in [3.8, 4) is 0 Å². The van der Waals surface area contributed by atoms with Crippen molar-refractivity contribution in [2.24, 2.45) is 0 Å². The smallest absolute Gasteiger partial charge is 0.251 e. The van der Waals surface area contributed by atoms with Crippen LogP contribution in [0, 0.1) is 6.92 Å². The SMILES string of the molecule is Cc1ccc(CNC(=O)c2cc(Cl)cc(Cn3ccnc3)c2)cc1Cl. The van der Waals surface area contributed by atoms with Gasteiger partial charge >= 0.3 is 0 Å². The Bertz CT molecular complexity index is 892. The van der Waals surface area contributed by atoms with E-state index in [-0.39, 0.29) is 5.91 Å². The molecule has 1 amide bonds. The highest BCUT2D eigenvalue weighted by Crippen LogP contribution is 2.18. The Hall–Kier alpha value is -2.30. The molecule has 0 saturated carbocycles. The lowest BCUT2D eigenvalue weighted by molar-refractivity contribution is 0.0951. The summed E-state index contributed by atoms with van der Waals surface area (Å²) in [6.07, 6.45) is 5.30. The lowest BCUT2D eigenvalue weighted by Crippen LogP contribution is -2.23. The Balaban J connectivity index is 1.70. The molecule has 0 fully saturated rings. The molecule has 1 aromatic heterocycles. The van der Waals surface area contributed by atoms with Crippen molar-refractivity contribution in [3.05, 3.63) is 87.4 Å². The van der Waals surface area contributed by atoms with Crippen LogP contribution in [0.15, 0.2) is 55.1 Å². The third-order valence-electron chi connectivity index (χ3n) is 3.83. The summed E-state index contributed by atoms with van der Waals surface area (Å²) in [4.78, 5) is 16.5. The minimum Gasteiger partial charge on any atom is -0.348 e. The lowest BCUT2D eigenvalue weighted by atomic mass is 10.1. The minimum atomic E-state index is -0.175. The number of nitrogens with one attached hydrogen (secondary N) is 1. The molecule has 0 radical (unpaired) electrons. The van der Waals surface area contributed by atoms with Gasteiger partial charge in [0.25, 0.3) is 5.91 Å². The van der Waals surface area contributed by atoms with Crippen LogP contribution in [0.2, 0.25) is 10.0 Å². The van der Waals surface area contributed by atoms with Crippen molar-refractivity contribution < 1.29 is 4.79 Å². The molecule has 0 saturated heterocycles. The second kappa shape index (κ2) is 7.72. The van der Waals surface area contributed by atoms with Crippen molar-refractivity contribution in [1.29, 1.82) is 0 Å². The number of imidazole rings is 1. The molecule has 1 N–H and O–H groups in total. The van der Waals surface area contributed by atoms with E-state index in [1.54, 1.807) is 18.6 Å². The Morgan fingerprint density at radius 3 is 2.72 bits per heavy atom. The summed E-state index contributed by atoms with van der Waals surface area (Å²) in [7, 11) is 0. The Morgan fingerprint density at radius 1 is 1.16 bits per heavy atom. The summed E-state index contributed by atoms with van der Waals surface area (Å²) in [5, 5.41) is 4.12. The fourth-order valence-electron chi connectivity index (χ4n) is 2.49. The number of carbonyl (C=O) groups is 1. The van der Waals surface area contributed by atoms with Gasteiger partial charge in [-0.25, -0.2) is 4.98 Å². The van der Waals surface area contributed by atoms with Crippen molar-refractivity contribution >= 4 is 29.1 Å². The molecule has 6 heteroatoms. The number of hydrogen-bond acceptors (Lipinski definition) is 2. The predicted octanol–water partition coefficient (Wildman–Crippen LogP) is 4.48. The summed E-state index contributed by atoms with van der Waals surface area (Å²) in [5.41, 5.74) is 3.43. The van der Waals surface area contributed by atoms with Crippen LogP contribution in [0.1, 0.15) is 27.0 Å². The van der Waals surface area contributed by atoms with Crippen LogP contribution in [0.4, 0.5) is 0 Å². The second-order valence-electron chi connectivity index (χ2n) is 5.85. The number of nitrogens with zero attached hydrogens (tertiary/aromatic N) is 2. The van der Waals surface area contributed by atoms with E-state index in [1.807, 2.05) is 48.0 Å². The minimum absolute atomic E-state index is 0.175. The van der Waals surface area contributed by atoms with Gasteiger partial charge in [0.2, 0.25) is 0 Å². The Labute approximate surface area is 156 Å². The maximum Gasteiger partial charge on any atom is 0.251 e. The Kier molecular flexibility index (Phi) is 5.41. The molecule has 2 aromatic carbocycles. The van der Waals surface area contributed by atoms with Crippen molar-refractivity contribution in [1.82, 2.24) is 14.9 Å². The topological polar surface area (TPSA) is 46.9 Å². The summed E-state index contributed by atoms with van der Waals surface area (Å²) in [6.45, 7) is 2.95. The number of aromatic nitrogens is 2. The monoisotopic (exact) mass is 373 g/mol. The van der Waals surface area contributed by atoms with E-state index in [0.717, 1.165) is 16.7 Å². The quantitative estimate of drug-likeness (QED) is 0.716. The number of rotatable bonds is 5. The third-order valence-corrected chi connectivity index (χ3v) is 4.46. The molecule has 128 valence electrons. The van der Waals surface area contributed by atoms with Crippen LogP contribution >= 0.6 is 23.2 Å². The molecule has 0 atom stereocenters. The molecule has 0 unspecified atom stereocenters. The molecular weight excluding hydrogens is 357 g/mol. The average Bonchev–Trinajstić information content (AvgIpc) is 3.08. The third kappa shape index (κ3) is 4.62. The largest absolute Gasteiger partial charge is 0.348 e. The van der Waals surface area contributed by atoms with E-state index in [1.165, 1.54) is 0 Å². The highest BCUT2D eigenvalue weighted by atomic mass is 35.5. The van der Waals surface area contributed by atoms with Gasteiger partial charge in [0.15, 0.2) is 0 Å². The van der Waals surface area contributed by atoms with Gasteiger partial charge in [0.1, 0.15) is 0 Å². The number of hydrogen-bond donors (Lipinski definition) is 1. The number of aryl methyl sites for hydroxylation is 1. The number of carbonyl (C=O) groups excluding carboxylic acids is 1. The molecule has 3 aromatic rings. The van der Waals surface area contributed by atoms with Crippen LogP contribution in [-0.2, 0) is 13.1 Å². The number of amides is 1. The fourth-order valence-corrected chi connectivity index (χ4v) is 2.96. The van der Waals surface area contributed by atoms with Gasteiger partial charge in [-0.15, -0.1) is 0 Å².